The van der Waals surface area contributed by atoms with Gasteiger partial charge in [0.1, 0.15) is 5.37 Å². The number of anilines is 1. The van der Waals surface area contributed by atoms with Crippen LogP contribution in [0, 0.1) is 6.92 Å². The highest BCUT2D eigenvalue weighted by Crippen LogP contribution is 2.34. The highest BCUT2D eigenvalue weighted by atomic mass is 32.2. The molecule has 20 heavy (non-hydrogen) atoms. The molecule has 0 aliphatic carbocycles. The third kappa shape index (κ3) is 3.29. The predicted molar refractivity (Wildman–Crippen MR) is 87.6 cm³/mol. The highest BCUT2D eigenvalue weighted by Gasteiger charge is 2.33. The largest absolute Gasteiger partial charge is 0.329 e. The molecule has 1 saturated heterocycles. The van der Waals surface area contributed by atoms with Gasteiger partial charge in [0.2, 0.25) is 0 Å². The summed E-state index contributed by atoms with van der Waals surface area (Å²) >= 11 is 3.29. The lowest BCUT2D eigenvalue weighted by Gasteiger charge is -2.33. The molecular weight excluding hydrogens is 314 g/mol. The zero-order valence-electron chi connectivity index (χ0n) is 12.2. The summed E-state index contributed by atoms with van der Waals surface area (Å²) < 4.78 is 23.9. The summed E-state index contributed by atoms with van der Waals surface area (Å²) in [7, 11) is -1.18. The second kappa shape index (κ2) is 6.21. The molecule has 0 radical (unpaired) electrons. The maximum atomic E-state index is 12.0. The van der Waals surface area contributed by atoms with E-state index < -0.39 is 15.2 Å². The quantitative estimate of drug-likeness (QED) is 0.903. The van der Waals surface area contributed by atoms with Gasteiger partial charge in [-0.05, 0) is 20.9 Å². The Bertz CT molecular complexity index is 571. The van der Waals surface area contributed by atoms with Crippen LogP contribution in [-0.2, 0) is 9.84 Å². The number of aryl methyl sites for hydroxylation is 1. The van der Waals surface area contributed by atoms with Crippen LogP contribution in [0.3, 0.4) is 0 Å². The Balaban J connectivity index is 2.34. The fourth-order valence-electron chi connectivity index (χ4n) is 2.20. The van der Waals surface area contributed by atoms with E-state index in [1.807, 2.05) is 18.9 Å². The number of thioether (sulfide) groups is 1. The molecule has 0 spiro atoms. The molecule has 0 saturated carbocycles. The van der Waals surface area contributed by atoms with Crippen molar-refractivity contribution in [2.24, 2.45) is 0 Å². The highest BCUT2D eigenvalue weighted by molar-refractivity contribution is 8.01. The van der Waals surface area contributed by atoms with Crippen molar-refractivity contribution in [3.63, 3.8) is 0 Å². The topological polar surface area (TPSA) is 62.3 Å². The number of hydrogen-bond donors (Lipinski definition) is 1. The Morgan fingerprint density at radius 3 is 2.80 bits per heavy atom. The molecule has 0 bridgehead atoms. The number of sulfone groups is 1. The summed E-state index contributed by atoms with van der Waals surface area (Å²) in [6.45, 7) is 4.81. The van der Waals surface area contributed by atoms with E-state index in [4.69, 9.17) is 0 Å². The molecule has 0 aromatic carbocycles. The monoisotopic (exact) mass is 335 g/mol. The molecule has 8 heteroatoms. The molecule has 1 aliphatic rings. The van der Waals surface area contributed by atoms with Crippen molar-refractivity contribution >= 4 is 38.1 Å². The van der Waals surface area contributed by atoms with Gasteiger partial charge in [-0.2, -0.15) is 11.8 Å². The van der Waals surface area contributed by atoms with Crippen molar-refractivity contribution in [1.29, 1.82) is 0 Å². The molecule has 2 heterocycles. The number of rotatable bonds is 4. The van der Waals surface area contributed by atoms with E-state index in [1.165, 1.54) is 11.1 Å². The van der Waals surface area contributed by atoms with Crippen LogP contribution in [0.5, 0.6) is 0 Å². The van der Waals surface area contributed by atoms with E-state index in [2.05, 4.69) is 17.2 Å². The molecule has 1 N–H and O–H groups in total. The molecule has 114 valence electrons. The van der Waals surface area contributed by atoms with E-state index in [0.717, 1.165) is 23.1 Å². The number of hydrogen-bond acceptors (Lipinski definition) is 7. The zero-order valence-corrected chi connectivity index (χ0v) is 14.7. The van der Waals surface area contributed by atoms with E-state index in [-0.39, 0.29) is 6.04 Å². The fourth-order valence-corrected chi connectivity index (χ4v) is 6.29. The van der Waals surface area contributed by atoms with Crippen LogP contribution in [0.1, 0.15) is 23.5 Å². The second-order valence-electron chi connectivity index (χ2n) is 5.01. The summed E-state index contributed by atoms with van der Waals surface area (Å²) in [6.07, 6.45) is 1.31. The molecule has 2 atom stereocenters. The van der Waals surface area contributed by atoms with Crippen LogP contribution in [0.2, 0.25) is 0 Å². The van der Waals surface area contributed by atoms with Gasteiger partial charge in [0.15, 0.2) is 15.0 Å². The Labute approximate surface area is 129 Å². The third-order valence-corrected chi connectivity index (χ3v) is 7.49. The van der Waals surface area contributed by atoms with Crippen molar-refractivity contribution < 1.29 is 8.42 Å². The van der Waals surface area contributed by atoms with Crippen LogP contribution in [-0.4, -0.2) is 50.1 Å². The molecule has 0 amide bonds. The average molecular weight is 336 g/mol. The molecule has 2 rings (SSSR count). The normalized spacial score (nSPS) is 22.0. The molecule has 1 aliphatic heterocycles. The lowest BCUT2D eigenvalue weighted by molar-refractivity contribution is 0.584. The van der Waals surface area contributed by atoms with Crippen LogP contribution in [0.4, 0.5) is 5.13 Å². The van der Waals surface area contributed by atoms with Gasteiger partial charge < -0.3 is 10.2 Å². The third-order valence-electron chi connectivity index (χ3n) is 3.47. The first kappa shape index (κ1) is 16.1. The lowest BCUT2D eigenvalue weighted by atomic mass is 10.2. The zero-order chi connectivity index (χ0) is 14.9. The van der Waals surface area contributed by atoms with Gasteiger partial charge >= 0.3 is 0 Å². The minimum Gasteiger partial charge on any atom is -0.329 e. The summed E-state index contributed by atoms with van der Waals surface area (Å²) in [5.41, 5.74) is 0.984. The van der Waals surface area contributed by atoms with Crippen molar-refractivity contribution in [2.45, 2.75) is 25.3 Å². The minimum atomic E-state index is -3.10. The van der Waals surface area contributed by atoms with Crippen molar-refractivity contribution in [3.05, 3.63) is 10.6 Å². The van der Waals surface area contributed by atoms with Crippen LogP contribution >= 0.6 is 23.1 Å². The Kier molecular flexibility index (Phi) is 4.99. The first-order chi connectivity index (χ1) is 9.34. The van der Waals surface area contributed by atoms with Crippen LogP contribution in [0.15, 0.2) is 0 Å². The molecule has 1 aromatic heterocycles. The smallest absolute Gasteiger partial charge is 0.186 e. The predicted octanol–water partition coefficient (Wildman–Crippen LogP) is 1.66. The van der Waals surface area contributed by atoms with Crippen molar-refractivity contribution in [3.8, 4) is 0 Å². The van der Waals surface area contributed by atoms with Crippen molar-refractivity contribution in [2.75, 3.05) is 36.3 Å². The Morgan fingerprint density at radius 2 is 2.20 bits per heavy atom. The Hall–Kier alpha value is -0.310. The maximum Gasteiger partial charge on any atom is 0.186 e. The average Bonchev–Trinajstić information content (AvgIpc) is 2.79. The van der Waals surface area contributed by atoms with E-state index in [9.17, 15) is 8.42 Å². The Morgan fingerprint density at radius 1 is 1.50 bits per heavy atom. The van der Waals surface area contributed by atoms with Crippen molar-refractivity contribution in [1.82, 2.24) is 10.3 Å². The summed E-state index contributed by atoms with van der Waals surface area (Å²) in [6, 6.07) is 0.233. The first-order valence-corrected chi connectivity index (χ1v) is 10.4. The lowest BCUT2D eigenvalue weighted by Crippen LogP contribution is -2.47. The first-order valence-electron chi connectivity index (χ1n) is 6.52. The van der Waals surface area contributed by atoms with E-state index in [0.29, 0.717) is 5.75 Å². The number of nitrogens with zero attached hydrogens (tertiary/aromatic N) is 2. The molecule has 1 aromatic rings. The number of nitrogens with one attached hydrogen (secondary N) is 1. The minimum absolute atomic E-state index is 0.233. The number of thiazole rings is 1. The molecular formula is C12H21N3O2S3. The van der Waals surface area contributed by atoms with Gasteiger partial charge in [0, 0.05) is 35.2 Å². The van der Waals surface area contributed by atoms with Gasteiger partial charge in [-0.15, -0.1) is 0 Å². The van der Waals surface area contributed by atoms with Gasteiger partial charge in [-0.3, -0.25) is 0 Å². The maximum absolute atomic E-state index is 12.0. The summed E-state index contributed by atoms with van der Waals surface area (Å²) in [4.78, 5) is 7.73. The van der Waals surface area contributed by atoms with E-state index >= 15 is 0 Å². The van der Waals surface area contributed by atoms with Crippen LogP contribution < -0.4 is 10.2 Å². The molecule has 5 nitrogen and oxygen atoms in total. The summed E-state index contributed by atoms with van der Waals surface area (Å²) in [5.74, 6) is 1.57. The SMILES string of the molecule is CNC(C)c1sc(N2CCSCC2S(C)(=O)=O)nc1C. The van der Waals surface area contributed by atoms with Gasteiger partial charge in [-0.1, -0.05) is 11.3 Å². The standard InChI is InChI=1S/C12H21N3O2S3/c1-8(13-3)11-9(2)14-12(19-11)15-5-6-18-7-10(15)20(4,16)17/h8,10,13H,5-7H2,1-4H3. The molecule has 2 unspecified atom stereocenters. The van der Waals surface area contributed by atoms with Crippen LogP contribution in [0.25, 0.3) is 0 Å². The van der Waals surface area contributed by atoms with Gasteiger partial charge in [-0.25, -0.2) is 13.4 Å². The van der Waals surface area contributed by atoms with Gasteiger partial charge in [0.05, 0.1) is 5.69 Å². The number of aromatic nitrogens is 1. The molecule has 1 fully saturated rings. The summed E-state index contributed by atoms with van der Waals surface area (Å²) in [5, 5.41) is 3.58. The van der Waals surface area contributed by atoms with E-state index in [1.54, 1.807) is 23.1 Å². The fraction of sp³-hybridized carbons (Fsp3) is 0.750. The second-order valence-corrected chi connectivity index (χ2v) is 9.37. The van der Waals surface area contributed by atoms with Gasteiger partial charge in [0.25, 0.3) is 0 Å².